The summed E-state index contributed by atoms with van der Waals surface area (Å²) in [5.74, 6) is 1.94. The maximum Gasteiger partial charge on any atom is 0.283 e. The van der Waals surface area contributed by atoms with Crippen molar-refractivity contribution < 1.29 is 23.4 Å². The summed E-state index contributed by atoms with van der Waals surface area (Å²) in [4.78, 5) is 2.29. The Kier molecular flexibility index (Phi) is 5.36. The molecule has 0 aliphatic carbocycles. The van der Waals surface area contributed by atoms with E-state index in [9.17, 15) is 5.11 Å². The molecule has 1 N–H and O–H groups in total. The van der Waals surface area contributed by atoms with Gasteiger partial charge in [0.15, 0.2) is 5.76 Å². The number of ether oxygens (including phenoxy) is 2. The number of hydrogen-bond donors (Lipinski definition) is 1. The van der Waals surface area contributed by atoms with Gasteiger partial charge in [0.2, 0.25) is 5.89 Å². The summed E-state index contributed by atoms with van der Waals surface area (Å²) in [6.45, 7) is 4.95. The molecular formula is C26H27N3O5. The van der Waals surface area contributed by atoms with Crippen LogP contribution in [0.1, 0.15) is 29.9 Å². The van der Waals surface area contributed by atoms with E-state index < -0.39 is 6.10 Å². The first-order valence-electron chi connectivity index (χ1n) is 11.7. The Hall–Kier alpha value is -3.20. The number of nitrogens with zero attached hydrogens (tertiary/aromatic N) is 3. The minimum absolute atomic E-state index is 0.167. The summed E-state index contributed by atoms with van der Waals surface area (Å²) >= 11 is 0. The van der Waals surface area contributed by atoms with Crippen LogP contribution in [0.4, 0.5) is 0 Å². The molecule has 0 unspecified atom stereocenters. The monoisotopic (exact) mass is 461 g/mol. The summed E-state index contributed by atoms with van der Waals surface area (Å²) in [6, 6.07) is 15.9. The summed E-state index contributed by atoms with van der Waals surface area (Å²) in [7, 11) is 0. The van der Waals surface area contributed by atoms with Crippen LogP contribution in [0.2, 0.25) is 0 Å². The zero-order valence-corrected chi connectivity index (χ0v) is 19.1. The number of likely N-dealkylation sites (tertiary alicyclic amines) is 1. The molecule has 2 aliphatic rings. The third-order valence-corrected chi connectivity index (χ3v) is 6.83. The number of benzene rings is 2. The van der Waals surface area contributed by atoms with Crippen LogP contribution in [0.25, 0.3) is 22.6 Å². The number of aliphatic hydroxyl groups excluding tert-OH is 1. The van der Waals surface area contributed by atoms with Crippen LogP contribution in [0.15, 0.2) is 57.4 Å². The second kappa shape index (κ2) is 8.54. The third-order valence-electron chi connectivity index (χ3n) is 6.83. The van der Waals surface area contributed by atoms with Gasteiger partial charge in [0.1, 0.15) is 24.0 Å². The normalized spacial score (nSPS) is 18.4. The van der Waals surface area contributed by atoms with Gasteiger partial charge in [-0.2, -0.15) is 0 Å². The first kappa shape index (κ1) is 21.3. The van der Waals surface area contributed by atoms with E-state index in [1.807, 2.05) is 24.3 Å². The Morgan fingerprint density at radius 3 is 2.76 bits per heavy atom. The number of fused-ring (bicyclic) bond motifs is 3. The number of furan rings is 1. The molecule has 0 amide bonds. The lowest BCUT2D eigenvalue weighted by molar-refractivity contribution is -0.0835. The van der Waals surface area contributed by atoms with E-state index in [0.717, 1.165) is 31.3 Å². The lowest BCUT2D eigenvalue weighted by Crippen LogP contribution is -2.46. The fraction of sp³-hybridized carbons (Fsp3) is 0.385. The highest BCUT2D eigenvalue weighted by Crippen LogP contribution is 2.44. The number of β-amino-alcohol motifs (C(OH)–C–C–N with tert-alkyl or cyclic N) is 1. The summed E-state index contributed by atoms with van der Waals surface area (Å²) < 4.78 is 23.6. The number of aryl methyl sites for hydroxylation is 1. The quantitative estimate of drug-likeness (QED) is 0.460. The molecule has 4 heterocycles. The largest absolute Gasteiger partial charge is 0.490 e. The zero-order chi connectivity index (χ0) is 23.1. The molecule has 0 saturated carbocycles. The SMILES string of the molecule is Cc1nnc(-c2cc3c(OC[C@@H](O)CN4CCC5(CC4)OCc4ccccc45)cccc3o2)o1. The van der Waals surface area contributed by atoms with E-state index in [-0.39, 0.29) is 12.2 Å². The van der Waals surface area contributed by atoms with Gasteiger partial charge in [0.25, 0.3) is 5.89 Å². The van der Waals surface area contributed by atoms with E-state index in [1.165, 1.54) is 11.1 Å². The van der Waals surface area contributed by atoms with Crippen LogP contribution in [0, 0.1) is 6.92 Å². The van der Waals surface area contributed by atoms with Crippen molar-refractivity contribution >= 4 is 11.0 Å². The number of piperidine rings is 1. The van der Waals surface area contributed by atoms with E-state index in [2.05, 4.69) is 39.4 Å². The van der Waals surface area contributed by atoms with Crippen molar-refractivity contribution in [1.82, 2.24) is 15.1 Å². The van der Waals surface area contributed by atoms with Gasteiger partial charge in [0.05, 0.1) is 17.6 Å². The molecule has 8 heteroatoms. The average Bonchev–Trinajstić information content (AvgIpc) is 3.57. The van der Waals surface area contributed by atoms with Crippen LogP contribution < -0.4 is 4.74 Å². The first-order chi connectivity index (χ1) is 16.6. The lowest BCUT2D eigenvalue weighted by atomic mass is 9.84. The molecule has 0 bridgehead atoms. The highest BCUT2D eigenvalue weighted by atomic mass is 16.5. The molecule has 0 radical (unpaired) electrons. The zero-order valence-electron chi connectivity index (χ0n) is 19.1. The van der Waals surface area contributed by atoms with E-state index in [1.54, 1.807) is 6.92 Å². The average molecular weight is 462 g/mol. The maximum absolute atomic E-state index is 10.7. The van der Waals surface area contributed by atoms with Gasteiger partial charge < -0.3 is 28.3 Å². The topological polar surface area (TPSA) is 94.0 Å². The minimum atomic E-state index is -0.606. The van der Waals surface area contributed by atoms with Crippen LogP contribution in [0.3, 0.4) is 0 Å². The standard InChI is InChI=1S/C26H27N3O5/c1-17-27-28-25(33-17)24-13-20-22(7-4-8-23(20)34-24)31-16-19(30)14-29-11-9-26(10-12-29)21-6-3-2-5-18(21)15-32-26/h2-8,13,19,30H,9-12,14-16H2,1H3/t19-/m0/s1. The van der Waals surface area contributed by atoms with Gasteiger partial charge in [-0.3, -0.25) is 0 Å². The highest BCUT2D eigenvalue weighted by Gasteiger charge is 2.42. The highest BCUT2D eigenvalue weighted by molar-refractivity contribution is 5.87. The van der Waals surface area contributed by atoms with Crippen LogP contribution in [-0.2, 0) is 16.9 Å². The summed E-state index contributed by atoms with van der Waals surface area (Å²) in [5, 5.41) is 19.3. The van der Waals surface area contributed by atoms with Crippen molar-refractivity contribution in [3.63, 3.8) is 0 Å². The molecule has 2 aliphatic heterocycles. The smallest absolute Gasteiger partial charge is 0.283 e. The van der Waals surface area contributed by atoms with Gasteiger partial charge in [-0.05, 0) is 36.1 Å². The van der Waals surface area contributed by atoms with Gasteiger partial charge in [-0.1, -0.05) is 30.3 Å². The number of aliphatic hydroxyl groups is 1. The van der Waals surface area contributed by atoms with Crippen molar-refractivity contribution in [2.24, 2.45) is 0 Å². The lowest BCUT2D eigenvalue weighted by Gasteiger charge is -2.39. The van der Waals surface area contributed by atoms with Crippen LogP contribution in [-0.4, -0.2) is 52.5 Å². The number of hydrogen-bond acceptors (Lipinski definition) is 8. The molecule has 1 spiro atoms. The van der Waals surface area contributed by atoms with Crippen molar-refractivity contribution in [2.45, 2.75) is 38.1 Å². The molecule has 6 rings (SSSR count). The van der Waals surface area contributed by atoms with Crippen molar-refractivity contribution in [3.05, 3.63) is 65.5 Å². The molecule has 1 fully saturated rings. The second-order valence-electron chi connectivity index (χ2n) is 9.11. The van der Waals surface area contributed by atoms with E-state index in [4.69, 9.17) is 18.3 Å². The Morgan fingerprint density at radius 1 is 1.09 bits per heavy atom. The minimum Gasteiger partial charge on any atom is -0.490 e. The van der Waals surface area contributed by atoms with Gasteiger partial charge in [-0.25, -0.2) is 0 Å². The Bertz CT molecular complexity index is 1300. The molecule has 2 aromatic heterocycles. The Labute approximate surface area is 197 Å². The Morgan fingerprint density at radius 2 is 1.94 bits per heavy atom. The summed E-state index contributed by atoms with van der Waals surface area (Å²) in [5.41, 5.74) is 3.13. The molecule has 8 nitrogen and oxygen atoms in total. The van der Waals surface area contributed by atoms with Crippen LogP contribution in [0.5, 0.6) is 5.75 Å². The third kappa shape index (κ3) is 3.87. The predicted molar refractivity (Wildman–Crippen MR) is 124 cm³/mol. The molecule has 1 atom stereocenters. The van der Waals surface area contributed by atoms with Crippen LogP contribution >= 0.6 is 0 Å². The Balaban J connectivity index is 1.07. The fourth-order valence-corrected chi connectivity index (χ4v) is 5.09. The van der Waals surface area contributed by atoms with Gasteiger partial charge in [0, 0.05) is 32.6 Å². The predicted octanol–water partition coefficient (Wildman–Crippen LogP) is 4.05. The summed E-state index contributed by atoms with van der Waals surface area (Å²) in [6.07, 6.45) is 1.26. The first-order valence-corrected chi connectivity index (χ1v) is 11.7. The molecule has 2 aromatic carbocycles. The second-order valence-corrected chi connectivity index (χ2v) is 9.11. The van der Waals surface area contributed by atoms with Crippen molar-refractivity contribution in [3.8, 4) is 17.4 Å². The molecular weight excluding hydrogens is 434 g/mol. The molecule has 176 valence electrons. The molecule has 1 saturated heterocycles. The fourth-order valence-electron chi connectivity index (χ4n) is 5.09. The van der Waals surface area contributed by atoms with Gasteiger partial charge in [-0.15, -0.1) is 10.2 Å². The van der Waals surface area contributed by atoms with Crippen molar-refractivity contribution in [1.29, 1.82) is 0 Å². The van der Waals surface area contributed by atoms with E-state index in [0.29, 0.717) is 42.0 Å². The maximum atomic E-state index is 10.7. The van der Waals surface area contributed by atoms with E-state index >= 15 is 0 Å². The molecule has 4 aromatic rings. The number of aromatic nitrogens is 2. The number of rotatable bonds is 6. The van der Waals surface area contributed by atoms with Gasteiger partial charge >= 0.3 is 0 Å². The van der Waals surface area contributed by atoms with Crippen molar-refractivity contribution in [2.75, 3.05) is 26.2 Å². The molecule has 34 heavy (non-hydrogen) atoms.